The van der Waals surface area contributed by atoms with E-state index in [1.54, 1.807) is 25.1 Å². The van der Waals surface area contributed by atoms with E-state index in [9.17, 15) is 9.59 Å². The lowest BCUT2D eigenvalue weighted by atomic mass is 10.2. The molecule has 22 heavy (non-hydrogen) atoms. The molecule has 1 unspecified atom stereocenters. The summed E-state index contributed by atoms with van der Waals surface area (Å²) in [6.45, 7) is 1.69. The van der Waals surface area contributed by atoms with Crippen LogP contribution in [0.4, 0.5) is 0 Å². The van der Waals surface area contributed by atoms with Crippen LogP contribution in [-0.4, -0.2) is 15.9 Å². The number of rotatable bonds is 4. The summed E-state index contributed by atoms with van der Waals surface area (Å²) in [4.78, 5) is 31.9. The molecule has 0 aliphatic heterocycles. The first-order valence-electron chi connectivity index (χ1n) is 6.84. The number of fused-ring (bicyclic) bond motifs is 1. The van der Waals surface area contributed by atoms with Gasteiger partial charge in [0, 0.05) is 4.88 Å². The van der Waals surface area contributed by atoms with Gasteiger partial charge < -0.3 is 9.72 Å². The summed E-state index contributed by atoms with van der Waals surface area (Å²) < 4.78 is 5.35. The fourth-order valence-corrected chi connectivity index (χ4v) is 2.84. The molecule has 0 radical (unpaired) electrons. The SMILES string of the molecule is CC(OC(=O)Cc1cccs1)c1nc2ccccc2c(=O)[nH]1. The van der Waals surface area contributed by atoms with E-state index < -0.39 is 6.10 Å². The van der Waals surface area contributed by atoms with Crippen molar-refractivity contribution in [3.8, 4) is 0 Å². The highest BCUT2D eigenvalue weighted by Gasteiger charge is 2.16. The van der Waals surface area contributed by atoms with Crippen molar-refractivity contribution in [1.82, 2.24) is 9.97 Å². The topological polar surface area (TPSA) is 72.0 Å². The van der Waals surface area contributed by atoms with Crippen molar-refractivity contribution in [2.75, 3.05) is 0 Å². The summed E-state index contributed by atoms with van der Waals surface area (Å²) in [7, 11) is 0. The van der Waals surface area contributed by atoms with E-state index >= 15 is 0 Å². The van der Waals surface area contributed by atoms with Crippen LogP contribution in [0.3, 0.4) is 0 Å². The van der Waals surface area contributed by atoms with Crippen LogP contribution in [0.25, 0.3) is 10.9 Å². The van der Waals surface area contributed by atoms with Crippen molar-refractivity contribution in [3.63, 3.8) is 0 Å². The number of carbonyl (C=O) groups is 1. The van der Waals surface area contributed by atoms with Crippen molar-refractivity contribution in [2.24, 2.45) is 0 Å². The first-order chi connectivity index (χ1) is 10.6. The molecule has 0 fully saturated rings. The Bertz CT molecular complexity index is 855. The second-order valence-electron chi connectivity index (χ2n) is 4.86. The predicted molar refractivity (Wildman–Crippen MR) is 84.9 cm³/mol. The monoisotopic (exact) mass is 314 g/mol. The van der Waals surface area contributed by atoms with Gasteiger partial charge in [0.2, 0.25) is 0 Å². The Morgan fingerprint density at radius 3 is 2.91 bits per heavy atom. The Morgan fingerprint density at radius 2 is 2.14 bits per heavy atom. The van der Waals surface area contributed by atoms with Gasteiger partial charge >= 0.3 is 5.97 Å². The molecule has 1 N–H and O–H groups in total. The molecule has 0 aliphatic carbocycles. The third kappa shape index (κ3) is 3.07. The Morgan fingerprint density at radius 1 is 1.32 bits per heavy atom. The number of hydrogen-bond acceptors (Lipinski definition) is 5. The smallest absolute Gasteiger partial charge is 0.311 e. The van der Waals surface area contributed by atoms with Crippen LogP contribution in [-0.2, 0) is 16.0 Å². The lowest BCUT2D eigenvalue weighted by Gasteiger charge is -2.12. The van der Waals surface area contributed by atoms with E-state index in [0.717, 1.165) is 4.88 Å². The fraction of sp³-hybridized carbons (Fsp3) is 0.188. The largest absolute Gasteiger partial charge is 0.454 e. The van der Waals surface area contributed by atoms with Crippen LogP contribution in [0.15, 0.2) is 46.6 Å². The summed E-state index contributed by atoms with van der Waals surface area (Å²) in [6.07, 6.45) is -0.385. The lowest BCUT2D eigenvalue weighted by Crippen LogP contribution is -2.18. The zero-order valence-electron chi connectivity index (χ0n) is 11.9. The predicted octanol–water partition coefficient (Wildman–Crippen LogP) is 2.83. The Kier molecular flexibility index (Phi) is 4.02. The number of H-pyrrole nitrogens is 1. The lowest BCUT2D eigenvalue weighted by molar-refractivity contribution is -0.148. The Balaban J connectivity index is 1.78. The molecule has 2 heterocycles. The third-order valence-electron chi connectivity index (χ3n) is 3.22. The number of esters is 1. The number of thiophene rings is 1. The van der Waals surface area contributed by atoms with Crippen molar-refractivity contribution in [1.29, 1.82) is 0 Å². The first kappa shape index (κ1) is 14.5. The van der Waals surface area contributed by atoms with Gasteiger partial charge in [-0.1, -0.05) is 18.2 Å². The van der Waals surface area contributed by atoms with E-state index in [1.165, 1.54) is 11.3 Å². The van der Waals surface area contributed by atoms with Gasteiger partial charge in [-0.05, 0) is 30.5 Å². The van der Waals surface area contributed by atoms with Crippen LogP contribution in [0.1, 0.15) is 23.7 Å². The Labute approximate surface area is 130 Å². The van der Waals surface area contributed by atoms with Crippen LogP contribution in [0.5, 0.6) is 0 Å². The summed E-state index contributed by atoms with van der Waals surface area (Å²) in [5, 5.41) is 2.43. The van der Waals surface area contributed by atoms with Gasteiger partial charge in [-0.25, -0.2) is 4.98 Å². The van der Waals surface area contributed by atoms with Gasteiger partial charge in [-0.2, -0.15) is 0 Å². The molecule has 2 aromatic heterocycles. The molecule has 0 amide bonds. The number of nitrogens with one attached hydrogen (secondary N) is 1. The highest BCUT2D eigenvalue weighted by molar-refractivity contribution is 7.10. The number of aromatic amines is 1. The summed E-state index contributed by atoms with van der Waals surface area (Å²) >= 11 is 1.50. The van der Waals surface area contributed by atoms with E-state index in [4.69, 9.17) is 4.74 Å². The molecule has 0 aliphatic rings. The van der Waals surface area contributed by atoms with Gasteiger partial charge in [0.25, 0.3) is 5.56 Å². The van der Waals surface area contributed by atoms with Crippen LogP contribution >= 0.6 is 11.3 Å². The van der Waals surface area contributed by atoms with Crippen molar-refractivity contribution in [2.45, 2.75) is 19.4 Å². The zero-order chi connectivity index (χ0) is 15.5. The van der Waals surface area contributed by atoms with E-state index in [2.05, 4.69) is 9.97 Å². The maximum Gasteiger partial charge on any atom is 0.311 e. The number of ether oxygens (including phenoxy) is 1. The minimum atomic E-state index is -0.607. The average Bonchev–Trinajstić information content (AvgIpc) is 3.00. The maximum absolute atomic E-state index is 12.0. The van der Waals surface area contributed by atoms with Gasteiger partial charge in [-0.3, -0.25) is 9.59 Å². The second kappa shape index (κ2) is 6.11. The number of nitrogens with zero attached hydrogens (tertiary/aromatic N) is 1. The quantitative estimate of drug-likeness (QED) is 0.752. The number of aromatic nitrogens is 2. The van der Waals surface area contributed by atoms with Crippen molar-refractivity contribution in [3.05, 3.63) is 62.8 Å². The van der Waals surface area contributed by atoms with Crippen LogP contribution < -0.4 is 5.56 Å². The number of carbonyl (C=O) groups excluding carboxylic acids is 1. The van der Waals surface area contributed by atoms with Crippen LogP contribution in [0.2, 0.25) is 0 Å². The van der Waals surface area contributed by atoms with E-state index in [1.807, 2.05) is 23.6 Å². The summed E-state index contributed by atoms with van der Waals surface area (Å²) in [6, 6.07) is 10.8. The fourth-order valence-electron chi connectivity index (χ4n) is 2.15. The molecule has 0 saturated heterocycles. The van der Waals surface area contributed by atoms with Gasteiger partial charge in [0.15, 0.2) is 11.9 Å². The molecular weight excluding hydrogens is 300 g/mol. The highest BCUT2D eigenvalue weighted by atomic mass is 32.1. The average molecular weight is 314 g/mol. The molecule has 1 aromatic carbocycles. The molecule has 3 rings (SSSR count). The van der Waals surface area contributed by atoms with Gasteiger partial charge in [-0.15, -0.1) is 11.3 Å². The number of hydrogen-bond donors (Lipinski definition) is 1. The van der Waals surface area contributed by atoms with Gasteiger partial charge in [0.1, 0.15) is 0 Å². The maximum atomic E-state index is 12.0. The van der Waals surface area contributed by atoms with Crippen molar-refractivity contribution >= 4 is 28.2 Å². The zero-order valence-corrected chi connectivity index (χ0v) is 12.7. The van der Waals surface area contributed by atoms with E-state index in [-0.39, 0.29) is 17.9 Å². The van der Waals surface area contributed by atoms with Gasteiger partial charge in [0.05, 0.1) is 17.3 Å². The molecular formula is C16H14N2O3S. The first-order valence-corrected chi connectivity index (χ1v) is 7.72. The minimum absolute atomic E-state index is 0.222. The molecule has 0 spiro atoms. The summed E-state index contributed by atoms with van der Waals surface area (Å²) in [5.74, 6) is 0.00832. The summed E-state index contributed by atoms with van der Waals surface area (Å²) in [5.41, 5.74) is 0.351. The standard InChI is InChI=1S/C16H14N2O3S/c1-10(21-14(19)9-11-5-4-8-22-11)15-17-13-7-3-2-6-12(13)16(20)18-15/h2-8,10H,9H2,1H3,(H,17,18,20). The molecule has 0 saturated carbocycles. The van der Waals surface area contributed by atoms with Crippen LogP contribution in [0, 0.1) is 0 Å². The normalized spacial score (nSPS) is 12.2. The second-order valence-corrected chi connectivity index (χ2v) is 5.89. The molecule has 3 aromatic rings. The van der Waals surface area contributed by atoms with Crippen molar-refractivity contribution < 1.29 is 9.53 Å². The Hall–Kier alpha value is -2.47. The molecule has 0 bridgehead atoms. The highest BCUT2D eigenvalue weighted by Crippen LogP contribution is 2.16. The third-order valence-corrected chi connectivity index (χ3v) is 4.10. The number of benzene rings is 1. The minimum Gasteiger partial charge on any atom is -0.454 e. The van der Waals surface area contributed by atoms with E-state index in [0.29, 0.717) is 16.7 Å². The molecule has 6 heteroatoms. The molecule has 1 atom stereocenters. The molecule has 112 valence electrons. The molecule has 5 nitrogen and oxygen atoms in total. The number of para-hydroxylation sites is 1.